The van der Waals surface area contributed by atoms with Crippen LogP contribution < -0.4 is 16.0 Å². The molecule has 0 saturated carbocycles. The van der Waals surface area contributed by atoms with Crippen LogP contribution in [0.25, 0.3) is 0 Å². The molecule has 0 aromatic heterocycles. The monoisotopic (exact) mass is 664 g/mol. The van der Waals surface area contributed by atoms with Gasteiger partial charge in [-0.1, -0.05) is 15.9 Å². The summed E-state index contributed by atoms with van der Waals surface area (Å²) in [5, 5.41) is 47.4. The van der Waals surface area contributed by atoms with Crippen LogP contribution in [0.5, 0.6) is 5.75 Å². The largest absolute Gasteiger partial charge is 0.510 e. The number of aliphatic hydroxyl groups is 3. The number of benzene rings is 1. The summed E-state index contributed by atoms with van der Waals surface area (Å²) >= 11 is 3.03. The molecular formula is C25H31BrCl2N4O8. The molecule has 40 heavy (non-hydrogen) atoms. The number of aromatic hydroxyl groups is 1. The average molecular weight is 666 g/mol. The van der Waals surface area contributed by atoms with E-state index in [1.807, 2.05) is 0 Å². The zero-order chi connectivity index (χ0) is 28.4. The number of alkyl halides is 1. The Labute approximate surface area is 250 Å². The van der Waals surface area contributed by atoms with Crippen molar-refractivity contribution < 1.29 is 39.6 Å². The number of fused-ring (bicyclic) bond motifs is 3. The van der Waals surface area contributed by atoms with Crippen molar-refractivity contribution in [1.82, 2.24) is 4.90 Å². The van der Waals surface area contributed by atoms with E-state index in [4.69, 9.17) is 5.73 Å². The first-order chi connectivity index (χ1) is 17.7. The molecule has 0 heterocycles. The van der Waals surface area contributed by atoms with Crippen molar-refractivity contribution in [3.05, 3.63) is 39.9 Å². The minimum absolute atomic E-state index is 0. The summed E-state index contributed by atoms with van der Waals surface area (Å²) in [5.41, 5.74) is 2.29. The van der Waals surface area contributed by atoms with E-state index in [1.165, 1.54) is 11.0 Å². The summed E-state index contributed by atoms with van der Waals surface area (Å²) in [7, 11) is 6.59. The third kappa shape index (κ3) is 4.73. The second kappa shape index (κ2) is 11.6. The second-order valence-electron chi connectivity index (χ2n) is 10.2. The number of aliphatic hydroxyl groups excluding tert-OH is 2. The molecule has 4 rings (SSSR count). The normalized spacial score (nSPS) is 25.3. The van der Waals surface area contributed by atoms with Gasteiger partial charge in [0.05, 0.1) is 22.6 Å². The van der Waals surface area contributed by atoms with E-state index in [0.29, 0.717) is 11.3 Å². The van der Waals surface area contributed by atoms with Crippen molar-refractivity contribution in [3.8, 4) is 5.75 Å². The van der Waals surface area contributed by atoms with Gasteiger partial charge in [0.25, 0.3) is 5.91 Å². The summed E-state index contributed by atoms with van der Waals surface area (Å²) in [6.45, 7) is 0. The van der Waals surface area contributed by atoms with Gasteiger partial charge in [-0.25, -0.2) is 0 Å². The van der Waals surface area contributed by atoms with Crippen molar-refractivity contribution in [2.45, 2.75) is 24.5 Å². The van der Waals surface area contributed by atoms with Gasteiger partial charge in [0.15, 0.2) is 17.1 Å². The van der Waals surface area contributed by atoms with Crippen molar-refractivity contribution in [2.75, 3.05) is 43.7 Å². The van der Waals surface area contributed by atoms with Crippen LogP contribution in [-0.4, -0.2) is 93.9 Å². The summed E-state index contributed by atoms with van der Waals surface area (Å²) in [5.74, 6) is -7.78. The molecule has 220 valence electrons. The molecule has 0 saturated heterocycles. The Bertz CT molecular complexity index is 1360. The van der Waals surface area contributed by atoms with E-state index >= 15 is 0 Å². The number of nitrogens with zero attached hydrogens (tertiary/aromatic N) is 2. The second-order valence-corrected chi connectivity index (χ2v) is 10.7. The number of carbonyl (C=O) groups excluding carboxylic acids is 4. The number of nitrogens with two attached hydrogens (primary N) is 1. The number of Topliss-reactive ketones (excluding diaryl/α,β-unsaturated/α-hetero) is 2. The third-order valence-electron chi connectivity index (χ3n) is 7.58. The number of nitrogens with one attached hydrogen (secondary N) is 1. The van der Waals surface area contributed by atoms with Gasteiger partial charge in [0.2, 0.25) is 11.7 Å². The van der Waals surface area contributed by atoms with Gasteiger partial charge >= 0.3 is 0 Å². The molecule has 3 aliphatic rings. The molecule has 0 fully saturated rings. The first-order valence-corrected chi connectivity index (χ1v) is 12.9. The van der Waals surface area contributed by atoms with E-state index in [2.05, 4.69) is 21.2 Å². The van der Waals surface area contributed by atoms with Crippen LogP contribution >= 0.6 is 40.7 Å². The van der Waals surface area contributed by atoms with E-state index in [0.717, 1.165) is 0 Å². The highest BCUT2D eigenvalue weighted by Crippen LogP contribution is 2.53. The van der Waals surface area contributed by atoms with Crippen LogP contribution in [0.15, 0.2) is 28.7 Å². The Hall–Kier alpha value is -2.84. The molecule has 1 aromatic carbocycles. The minimum atomic E-state index is -2.72. The highest BCUT2D eigenvalue weighted by Gasteiger charge is 2.63. The van der Waals surface area contributed by atoms with Crippen LogP contribution in [-0.2, 0) is 20.8 Å². The fourth-order valence-electron chi connectivity index (χ4n) is 5.98. The Morgan fingerprint density at radius 3 is 2.25 bits per heavy atom. The molecule has 1 aromatic rings. The van der Waals surface area contributed by atoms with Crippen LogP contribution in [0.1, 0.15) is 22.3 Å². The number of ketones is 2. The number of anilines is 2. The topological polar surface area (TPSA) is 194 Å². The molecule has 3 aliphatic carbocycles. The fourth-order valence-corrected chi connectivity index (χ4v) is 6.12. The quantitative estimate of drug-likeness (QED) is 0.152. The zero-order valence-electron chi connectivity index (χ0n) is 22.0. The Morgan fingerprint density at radius 1 is 1.15 bits per heavy atom. The van der Waals surface area contributed by atoms with Crippen LogP contribution in [0.2, 0.25) is 0 Å². The molecule has 2 amide bonds. The molecule has 12 nitrogen and oxygen atoms in total. The lowest BCUT2D eigenvalue weighted by Gasteiger charge is -2.50. The first-order valence-electron chi connectivity index (χ1n) is 11.7. The minimum Gasteiger partial charge on any atom is -0.510 e. The Balaban J connectivity index is 0.00000280. The van der Waals surface area contributed by atoms with Crippen LogP contribution in [0, 0.1) is 11.8 Å². The highest BCUT2D eigenvalue weighted by molar-refractivity contribution is 9.09. The highest BCUT2D eigenvalue weighted by atomic mass is 79.9. The number of carbonyl (C=O) groups is 4. The molecule has 4 atom stereocenters. The molecule has 0 radical (unpaired) electrons. The average Bonchev–Trinajstić information content (AvgIpc) is 2.82. The van der Waals surface area contributed by atoms with E-state index < -0.39 is 69.7 Å². The van der Waals surface area contributed by atoms with Crippen molar-refractivity contribution in [3.63, 3.8) is 0 Å². The molecule has 0 spiro atoms. The van der Waals surface area contributed by atoms with Crippen molar-refractivity contribution in [1.29, 1.82) is 0 Å². The summed E-state index contributed by atoms with van der Waals surface area (Å²) < 4.78 is 0. The molecule has 15 heteroatoms. The van der Waals surface area contributed by atoms with E-state index in [1.54, 1.807) is 33.1 Å². The molecule has 0 bridgehead atoms. The number of halogens is 3. The fraction of sp³-hybridized carbons (Fsp3) is 0.440. The maximum Gasteiger partial charge on any atom is 0.255 e. The predicted molar refractivity (Wildman–Crippen MR) is 155 cm³/mol. The van der Waals surface area contributed by atoms with Gasteiger partial charge in [0, 0.05) is 31.3 Å². The molecular weight excluding hydrogens is 635 g/mol. The summed E-state index contributed by atoms with van der Waals surface area (Å²) in [4.78, 5) is 54.6. The number of primary amides is 1. The molecule has 7 N–H and O–H groups in total. The number of amides is 2. The van der Waals surface area contributed by atoms with E-state index in [9.17, 15) is 39.6 Å². The van der Waals surface area contributed by atoms with Gasteiger partial charge < -0.3 is 36.4 Å². The van der Waals surface area contributed by atoms with Gasteiger partial charge in [-0.05, 0) is 44.5 Å². The third-order valence-corrected chi connectivity index (χ3v) is 8.09. The van der Waals surface area contributed by atoms with Crippen molar-refractivity contribution >= 4 is 75.5 Å². The predicted octanol–water partition coefficient (Wildman–Crippen LogP) is 1.36. The number of phenolic OH excluding ortho intramolecular Hbond substituents is 1. The number of allylic oxidation sites excluding steroid dienone is 1. The maximum absolute atomic E-state index is 13.9. The Morgan fingerprint density at radius 2 is 1.75 bits per heavy atom. The van der Waals surface area contributed by atoms with Gasteiger partial charge in [0.1, 0.15) is 17.1 Å². The number of likely N-dealkylation sites (N-methyl/N-ethyl adjacent to an activating group) is 1. The number of phenols is 1. The summed E-state index contributed by atoms with van der Waals surface area (Å²) in [6.07, 6.45) is 0.129. The maximum atomic E-state index is 13.9. The zero-order valence-corrected chi connectivity index (χ0v) is 25.2. The molecule has 3 unspecified atom stereocenters. The van der Waals surface area contributed by atoms with E-state index in [-0.39, 0.29) is 59.8 Å². The van der Waals surface area contributed by atoms with Crippen LogP contribution in [0.4, 0.5) is 11.4 Å². The van der Waals surface area contributed by atoms with Gasteiger partial charge in [-0.2, -0.15) is 0 Å². The lowest BCUT2D eigenvalue weighted by molar-refractivity contribution is -0.148. The smallest absolute Gasteiger partial charge is 0.255 e. The lowest BCUT2D eigenvalue weighted by atomic mass is 9.58. The van der Waals surface area contributed by atoms with Gasteiger partial charge in [-0.3, -0.25) is 24.1 Å². The number of rotatable bonds is 5. The summed E-state index contributed by atoms with van der Waals surface area (Å²) in [6, 6.07) is 0.472. The first kappa shape index (κ1) is 33.4. The van der Waals surface area contributed by atoms with Crippen LogP contribution in [0.3, 0.4) is 0 Å². The standard InChI is InChI=1S/C25H29BrN4O8.2ClH/c1-29(2)13-7-12(28-14(31)8-26)19(32)16-10(13)5-9-6-11-18(30(3)4)21(34)17(24(27)37)23(36)25(11,38)22(35)15(9)20(16)33;;/h7,9,11,18,32,34-35,38H,5-6,8H2,1-4H3,(H2,27,37)(H,28,31);2*1H/t9?,11?,18-,25?;;/m0../s1. The SMILES string of the molecule is CN(C)c1cc(NC(=O)CBr)c(O)c2c1CC1CC3[C@H](N(C)C)C(O)=C(C(N)=O)C(=O)C3(O)C(O)=C1C2=O.Cl.Cl. The van der Waals surface area contributed by atoms with Crippen molar-refractivity contribution in [2.24, 2.45) is 17.6 Å². The lowest BCUT2D eigenvalue weighted by Crippen LogP contribution is -2.63. The molecule has 0 aliphatic heterocycles. The number of hydrogen-bond acceptors (Lipinski definition) is 10. The number of hydrogen-bond donors (Lipinski definition) is 6. The van der Waals surface area contributed by atoms with Gasteiger partial charge in [-0.15, -0.1) is 24.8 Å². The Kier molecular flexibility index (Phi) is 9.65.